The van der Waals surface area contributed by atoms with Crippen molar-refractivity contribution < 1.29 is 28.7 Å². The summed E-state index contributed by atoms with van der Waals surface area (Å²) in [7, 11) is 1.45. The molecule has 0 N–H and O–H groups in total. The normalized spacial score (nSPS) is 24.3. The number of hydrogen-bond donors (Lipinski definition) is 0. The molecule has 0 bridgehead atoms. The van der Waals surface area contributed by atoms with Crippen molar-refractivity contribution in [1.29, 1.82) is 0 Å². The Morgan fingerprint density at radius 1 is 0.800 bits per heavy atom. The lowest BCUT2D eigenvalue weighted by Crippen LogP contribution is -2.51. The average molecular weight is 467 g/mol. The van der Waals surface area contributed by atoms with Gasteiger partial charge in [0.2, 0.25) is 29.0 Å². The molecule has 2 heterocycles. The minimum atomic E-state index is -2.09. The summed E-state index contributed by atoms with van der Waals surface area (Å²) in [6, 6.07) is 20.5. The first-order valence-corrected chi connectivity index (χ1v) is 11.3. The van der Waals surface area contributed by atoms with E-state index in [0.717, 1.165) is 10.5 Å². The van der Waals surface area contributed by atoms with Gasteiger partial charge in [-0.05, 0) is 30.2 Å². The summed E-state index contributed by atoms with van der Waals surface area (Å²) in [6.45, 7) is 1.87. The molecule has 1 aliphatic carbocycles. The maximum Gasteiger partial charge on any atom is 0.241 e. The lowest BCUT2D eigenvalue weighted by atomic mass is 9.77. The summed E-state index contributed by atoms with van der Waals surface area (Å²) in [4.78, 5) is 56.6. The molecule has 174 valence electrons. The molecule has 3 aromatic carbocycles. The molecule has 0 unspecified atom stereocenters. The highest BCUT2D eigenvalue weighted by Gasteiger charge is 2.75. The van der Waals surface area contributed by atoms with E-state index in [9.17, 15) is 19.2 Å². The minimum Gasteiger partial charge on any atom is -0.495 e. The van der Waals surface area contributed by atoms with E-state index in [1.165, 1.54) is 7.11 Å². The van der Waals surface area contributed by atoms with Crippen LogP contribution in [-0.2, 0) is 14.3 Å². The van der Waals surface area contributed by atoms with Gasteiger partial charge in [0.15, 0.2) is 0 Å². The lowest BCUT2D eigenvalue weighted by Gasteiger charge is -2.28. The first-order chi connectivity index (χ1) is 16.9. The smallest absolute Gasteiger partial charge is 0.241 e. The Morgan fingerprint density at radius 2 is 1.40 bits per heavy atom. The largest absolute Gasteiger partial charge is 0.495 e. The highest BCUT2D eigenvalue weighted by atomic mass is 16.5. The molecular formula is C28H21NO6. The molecule has 35 heavy (non-hydrogen) atoms. The zero-order valence-corrected chi connectivity index (χ0v) is 19.1. The second-order valence-corrected chi connectivity index (χ2v) is 9.02. The summed E-state index contributed by atoms with van der Waals surface area (Å²) in [5.74, 6) is -4.32. The van der Waals surface area contributed by atoms with Gasteiger partial charge in [0.1, 0.15) is 5.75 Å². The van der Waals surface area contributed by atoms with Gasteiger partial charge < -0.3 is 9.47 Å². The topological polar surface area (TPSA) is 90.0 Å². The number of ether oxygens (including phenoxy) is 2. The number of para-hydroxylation sites is 2. The van der Waals surface area contributed by atoms with E-state index < -0.39 is 46.9 Å². The van der Waals surface area contributed by atoms with Crippen molar-refractivity contribution in [3.63, 3.8) is 0 Å². The van der Waals surface area contributed by atoms with E-state index in [-0.39, 0.29) is 16.8 Å². The number of nitrogens with zero attached hydrogens (tertiary/aromatic N) is 1. The summed E-state index contributed by atoms with van der Waals surface area (Å²) in [6.07, 6.45) is -0.945. The van der Waals surface area contributed by atoms with E-state index in [0.29, 0.717) is 11.3 Å². The number of benzene rings is 3. The molecule has 0 aromatic heterocycles. The number of carbonyl (C=O) groups excluding carboxylic acids is 4. The van der Waals surface area contributed by atoms with Gasteiger partial charge in [-0.2, -0.15) is 0 Å². The highest BCUT2D eigenvalue weighted by molar-refractivity contribution is 6.37. The number of Topliss-reactive ketones (excluding diaryl/α,β-unsaturated/α-hetero) is 2. The Morgan fingerprint density at radius 3 is 2.06 bits per heavy atom. The Kier molecular flexibility index (Phi) is 4.56. The van der Waals surface area contributed by atoms with Gasteiger partial charge in [-0.3, -0.25) is 19.2 Å². The fraction of sp³-hybridized carbons (Fsp3) is 0.214. The zero-order chi connectivity index (χ0) is 24.5. The SMILES string of the molecule is COc1ccccc1N1C(=O)[C@@H]2[C@@H](C1=O)C1(O[C@H]2c2ccccc2C)C(=O)c2ccccc2C1=O. The predicted molar refractivity (Wildman–Crippen MR) is 125 cm³/mol. The number of hydrogen-bond acceptors (Lipinski definition) is 6. The van der Waals surface area contributed by atoms with Crippen molar-refractivity contribution in [2.75, 3.05) is 12.0 Å². The van der Waals surface area contributed by atoms with Crippen molar-refractivity contribution in [2.45, 2.75) is 18.6 Å². The van der Waals surface area contributed by atoms with E-state index >= 15 is 0 Å². The van der Waals surface area contributed by atoms with Crippen LogP contribution in [0.2, 0.25) is 0 Å². The van der Waals surface area contributed by atoms with Crippen molar-refractivity contribution in [3.05, 3.63) is 95.1 Å². The molecule has 2 fully saturated rings. The molecule has 2 amide bonds. The Balaban J connectivity index is 1.57. The number of ketones is 2. The standard InChI is InChI=1S/C28H21NO6/c1-15-9-3-4-10-16(15)23-21-22(27(33)29(26(21)32)19-13-7-8-14-20(19)34-2)28(35-23)24(30)17-11-5-6-12-18(17)25(28)31/h3-14,21-23H,1-2H3/t21-,22+,23+/m1/s1. The van der Waals surface area contributed by atoms with Crippen LogP contribution in [0.4, 0.5) is 5.69 Å². The van der Waals surface area contributed by atoms with Crippen LogP contribution in [0, 0.1) is 18.8 Å². The lowest BCUT2D eigenvalue weighted by molar-refractivity contribution is -0.127. The van der Waals surface area contributed by atoms with Gasteiger partial charge >= 0.3 is 0 Å². The van der Waals surface area contributed by atoms with Crippen molar-refractivity contribution in [3.8, 4) is 5.75 Å². The van der Waals surface area contributed by atoms with Crippen LogP contribution in [0.1, 0.15) is 37.9 Å². The van der Waals surface area contributed by atoms with Crippen LogP contribution >= 0.6 is 0 Å². The number of imide groups is 1. The third-order valence-electron chi connectivity index (χ3n) is 7.34. The van der Waals surface area contributed by atoms with Gasteiger partial charge in [-0.1, -0.05) is 60.7 Å². The third-order valence-corrected chi connectivity index (χ3v) is 7.34. The predicted octanol–water partition coefficient (Wildman–Crippen LogP) is 3.70. The maximum absolute atomic E-state index is 14.0. The summed E-state index contributed by atoms with van der Waals surface area (Å²) < 4.78 is 11.7. The monoisotopic (exact) mass is 467 g/mol. The average Bonchev–Trinajstić information content (AvgIpc) is 3.44. The molecular weight excluding hydrogens is 446 g/mol. The second kappa shape index (κ2) is 7.45. The fourth-order valence-electron chi connectivity index (χ4n) is 5.76. The van der Waals surface area contributed by atoms with Crippen LogP contribution in [0.15, 0.2) is 72.8 Å². The molecule has 7 heteroatoms. The number of fused-ring (bicyclic) bond motifs is 3. The Hall–Kier alpha value is -4.10. The van der Waals surface area contributed by atoms with Gasteiger partial charge in [0, 0.05) is 11.1 Å². The fourth-order valence-corrected chi connectivity index (χ4v) is 5.76. The van der Waals surface area contributed by atoms with Crippen LogP contribution in [0.3, 0.4) is 0 Å². The third kappa shape index (κ3) is 2.64. The molecule has 0 saturated carbocycles. The molecule has 7 nitrogen and oxygen atoms in total. The van der Waals surface area contributed by atoms with Gasteiger partial charge in [0.05, 0.1) is 30.7 Å². The number of aryl methyl sites for hydroxylation is 1. The molecule has 3 aliphatic rings. The first-order valence-electron chi connectivity index (χ1n) is 11.3. The van der Waals surface area contributed by atoms with Crippen LogP contribution < -0.4 is 9.64 Å². The van der Waals surface area contributed by atoms with E-state index in [4.69, 9.17) is 9.47 Å². The number of rotatable bonds is 3. The molecule has 2 aliphatic heterocycles. The first kappa shape index (κ1) is 21.4. The number of anilines is 1. The van der Waals surface area contributed by atoms with E-state index in [1.807, 2.05) is 19.1 Å². The number of methoxy groups -OCH3 is 1. The van der Waals surface area contributed by atoms with Crippen LogP contribution in [-0.4, -0.2) is 36.1 Å². The number of amides is 2. The minimum absolute atomic E-state index is 0.206. The second-order valence-electron chi connectivity index (χ2n) is 9.02. The van der Waals surface area contributed by atoms with Crippen molar-refractivity contribution >= 4 is 29.1 Å². The van der Waals surface area contributed by atoms with Gasteiger partial charge in [0.25, 0.3) is 0 Å². The molecule has 6 rings (SSSR count). The highest BCUT2D eigenvalue weighted by Crippen LogP contribution is 2.58. The molecule has 3 aromatic rings. The quantitative estimate of drug-likeness (QED) is 0.431. The molecule has 2 saturated heterocycles. The van der Waals surface area contributed by atoms with Crippen molar-refractivity contribution in [1.82, 2.24) is 0 Å². The maximum atomic E-state index is 14.0. The van der Waals surface area contributed by atoms with E-state index in [2.05, 4.69) is 0 Å². The summed E-state index contributed by atoms with van der Waals surface area (Å²) in [5.41, 5.74) is 0.0904. The molecule has 0 radical (unpaired) electrons. The van der Waals surface area contributed by atoms with Crippen molar-refractivity contribution in [2.24, 2.45) is 11.8 Å². The molecule has 1 spiro atoms. The Labute approximate surface area is 201 Å². The number of carbonyl (C=O) groups is 4. The zero-order valence-electron chi connectivity index (χ0n) is 19.1. The van der Waals surface area contributed by atoms with E-state index in [1.54, 1.807) is 60.7 Å². The van der Waals surface area contributed by atoms with Crippen LogP contribution in [0.5, 0.6) is 5.75 Å². The molecule has 3 atom stereocenters. The van der Waals surface area contributed by atoms with Gasteiger partial charge in [-0.25, -0.2) is 4.90 Å². The summed E-state index contributed by atoms with van der Waals surface area (Å²) >= 11 is 0. The summed E-state index contributed by atoms with van der Waals surface area (Å²) in [5, 5.41) is 0. The van der Waals surface area contributed by atoms with Gasteiger partial charge in [-0.15, -0.1) is 0 Å². The van der Waals surface area contributed by atoms with Crippen LogP contribution in [0.25, 0.3) is 0 Å². The Bertz CT molecular complexity index is 1410.